The van der Waals surface area contributed by atoms with Crippen molar-refractivity contribution in [2.45, 2.75) is 40.8 Å². The highest BCUT2D eigenvalue weighted by atomic mass is 15.2. The van der Waals surface area contributed by atoms with E-state index >= 15 is 0 Å². The third kappa shape index (κ3) is 7.38. The van der Waals surface area contributed by atoms with Gasteiger partial charge in [-0.1, -0.05) is 105 Å². The van der Waals surface area contributed by atoms with Gasteiger partial charge in [0.05, 0.1) is 0 Å². The predicted molar refractivity (Wildman–Crippen MR) is 129 cm³/mol. The van der Waals surface area contributed by atoms with Gasteiger partial charge in [-0.25, -0.2) is 9.98 Å². The molecule has 3 heteroatoms. The molecule has 0 aromatic heterocycles. The Morgan fingerprint density at radius 1 is 0.862 bits per heavy atom. The van der Waals surface area contributed by atoms with Gasteiger partial charge in [-0.05, 0) is 26.3 Å². The second kappa shape index (κ2) is 13.9. The summed E-state index contributed by atoms with van der Waals surface area (Å²) in [4.78, 5) is 9.71. The molecule has 1 atom stereocenters. The number of benzene rings is 1. The van der Waals surface area contributed by atoms with Gasteiger partial charge in [-0.2, -0.15) is 0 Å². The van der Waals surface area contributed by atoms with Gasteiger partial charge in [-0.3, -0.25) is 0 Å². The lowest BCUT2D eigenvalue weighted by molar-refractivity contribution is 0.755. The van der Waals surface area contributed by atoms with Gasteiger partial charge in [0.15, 0.2) is 6.17 Å². The summed E-state index contributed by atoms with van der Waals surface area (Å²) in [5.41, 5.74) is 3.02. The van der Waals surface area contributed by atoms with Crippen LogP contribution in [0.15, 0.2) is 113 Å². The molecule has 1 aromatic carbocycles. The van der Waals surface area contributed by atoms with Crippen molar-refractivity contribution >= 4 is 11.7 Å². The van der Waals surface area contributed by atoms with Gasteiger partial charge >= 0.3 is 0 Å². The Balaban J connectivity index is 0.00000204. The van der Waals surface area contributed by atoms with Crippen LogP contribution in [0.2, 0.25) is 0 Å². The van der Waals surface area contributed by atoms with Gasteiger partial charge in [0, 0.05) is 11.1 Å². The number of amidine groups is 2. The second-order valence-corrected chi connectivity index (χ2v) is 5.87. The molecule has 0 fully saturated rings. The molecule has 0 saturated carbocycles. The van der Waals surface area contributed by atoms with E-state index in [-0.39, 0.29) is 6.17 Å². The molecule has 0 bridgehead atoms. The van der Waals surface area contributed by atoms with Gasteiger partial charge in [-0.15, -0.1) is 0 Å². The molecule has 1 N–H and O–H groups in total. The van der Waals surface area contributed by atoms with E-state index in [9.17, 15) is 0 Å². The zero-order chi connectivity index (χ0) is 21.5. The summed E-state index contributed by atoms with van der Waals surface area (Å²) >= 11 is 0. The Morgan fingerprint density at radius 3 is 1.90 bits per heavy atom. The predicted octanol–water partition coefficient (Wildman–Crippen LogP) is 6.88. The smallest absolute Gasteiger partial charge is 0.169 e. The largest absolute Gasteiger partial charge is 0.324 e. The first-order valence-corrected chi connectivity index (χ1v) is 10.1. The number of hydrogen-bond acceptors (Lipinski definition) is 3. The molecule has 1 aliphatic heterocycles. The van der Waals surface area contributed by atoms with Crippen LogP contribution in [0.4, 0.5) is 0 Å². The van der Waals surface area contributed by atoms with Crippen LogP contribution in [0.1, 0.15) is 46.3 Å². The standard InChI is InChI=1S/C24H27N3.C2H6/c1-5-9-16-20(15-8-4)23-25-22(19(13-6-2)14-7-3)26-24(27-23)21-17-11-10-12-18-21;1-2/h5-18,24H,2H2,1,3-4H3,(H,25,26,27);1-2H3/b9-5?,14-7-,15-8-,19-13+,20-16+;. The van der Waals surface area contributed by atoms with E-state index in [0.717, 1.165) is 28.4 Å². The van der Waals surface area contributed by atoms with Gasteiger partial charge < -0.3 is 5.32 Å². The summed E-state index contributed by atoms with van der Waals surface area (Å²) in [5, 5.41) is 3.40. The van der Waals surface area contributed by atoms with Crippen LogP contribution < -0.4 is 5.32 Å². The van der Waals surface area contributed by atoms with Crippen molar-refractivity contribution in [3.63, 3.8) is 0 Å². The Bertz CT molecular complexity index is 847. The number of allylic oxidation sites excluding steroid dienone is 7. The molecular formula is C26H33N3. The van der Waals surface area contributed by atoms with Crippen molar-refractivity contribution in [2.75, 3.05) is 0 Å². The summed E-state index contributed by atoms with van der Waals surface area (Å²) < 4.78 is 0. The van der Waals surface area contributed by atoms with Crippen molar-refractivity contribution in [3.05, 3.63) is 108 Å². The van der Waals surface area contributed by atoms with E-state index in [1.165, 1.54) is 0 Å². The van der Waals surface area contributed by atoms with Crippen LogP contribution in [-0.2, 0) is 0 Å². The third-order valence-corrected chi connectivity index (χ3v) is 3.84. The fourth-order valence-electron chi connectivity index (χ4n) is 2.63. The van der Waals surface area contributed by atoms with Crippen LogP contribution in [0, 0.1) is 0 Å². The summed E-state index contributed by atoms with van der Waals surface area (Å²) in [6.07, 6.45) is 17.5. The van der Waals surface area contributed by atoms with Crippen LogP contribution in [0.25, 0.3) is 0 Å². The molecule has 1 aromatic rings. The Morgan fingerprint density at radius 2 is 1.41 bits per heavy atom. The van der Waals surface area contributed by atoms with Gasteiger partial charge in [0.25, 0.3) is 0 Å². The first kappa shape index (κ1) is 23.8. The summed E-state index contributed by atoms with van der Waals surface area (Å²) in [6.45, 7) is 13.8. The summed E-state index contributed by atoms with van der Waals surface area (Å²) in [5.74, 6) is 1.58. The van der Waals surface area contributed by atoms with Gasteiger partial charge in [0.2, 0.25) is 0 Å². The molecule has 152 valence electrons. The van der Waals surface area contributed by atoms with Crippen LogP contribution in [0.5, 0.6) is 0 Å². The Kier molecular flexibility index (Phi) is 11.4. The number of rotatable bonds is 7. The third-order valence-electron chi connectivity index (χ3n) is 3.84. The van der Waals surface area contributed by atoms with Crippen LogP contribution in [-0.4, -0.2) is 11.7 Å². The molecule has 0 aliphatic carbocycles. The zero-order valence-corrected chi connectivity index (χ0v) is 18.3. The van der Waals surface area contributed by atoms with E-state index in [4.69, 9.17) is 9.98 Å². The number of nitrogens with zero attached hydrogens (tertiary/aromatic N) is 2. The fourth-order valence-corrected chi connectivity index (χ4v) is 2.63. The Labute approximate surface area is 176 Å². The molecule has 0 radical (unpaired) electrons. The minimum atomic E-state index is -0.296. The maximum atomic E-state index is 4.86. The molecule has 2 rings (SSSR count). The van der Waals surface area contributed by atoms with Crippen molar-refractivity contribution in [2.24, 2.45) is 9.98 Å². The molecule has 1 aliphatic rings. The molecular weight excluding hydrogens is 354 g/mol. The average molecular weight is 388 g/mol. The highest BCUT2D eigenvalue weighted by Gasteiger charge is 2.20. The monoisotopic (exact) mass is 387 g/mol. The quantitative estimate of drug-likeness (QED) is 0.509. The van der Waals surface area contributed by atoms with Crippen molar-refractivity contribution in [3.8, 4) is 0 Å². The minimum Gasteiger partial charge on any atom is -0.324 e. The van der Waals surface area contributed by atoms with Crippen molar-refractivity contribution < 1.29 is 0 Å². The second-order valence-electron chi connectivity index (χ2n) is 5.87. The first-order valence-electron chi connectivity index (χ1n) is 10.1. The average Bonchev–Trinajstić information content (AvgIpc) is 2.78. The Hall–Kier alpha value is -3.20. The lowest BCUT2D eigenvalue weighted by Gasteiger charge is -2.23. The maximum Gasteiger partial charge on any atom is 0.169 e. The van der Waals surface area contributed by atoms with Crippen molar-refractivity contribution in [1.82, 2.24) is 5.32 Å². The SMILES string of the molecule is C=C/C=C(\C=C/C)C1=NC(c2ccccc2)N=C(C(/C=C\C)=C/C=CC)N1.CC. The van der Waals surface area contributed by atoms with E-state index in [1.54, 1.807) is 6.08 Å². The first-order chi connectivity index (χ1) is 14.2. The summed E-state index contributed by atoms with van der Waals surface area (Å²) in [6, 6.07) is 10.1. The normalized spacial score (nSPS) is 17.6. The lowest BCUT2D eigenvalue weighted by atomic mass is 10.1. The minimum absolute atomic E-state index is 0.296. The highest BCUT2D eigenvalue weighted by Crippen LogP contribution is 2.24. The number of nitrogens with one attached hydrogen (secondary N) is 1. The molecule has 1 unspecified atom stereocenters. The molecule has 1 heterocycles. The number of hydrogen-bond donors (Lipinski definition) is 1. The number of aliphatic imine (C=N–C) groups is 2. The summed E-state index contributed by atoms with van der Waals surface area (Å²) in [7, 11) is 0. The van der Waals surface area contributed by atoms with Gasteiger partial charge in [0.1, 0.15) is 11.7 Å². The maximum absolute atomic E-state index is 4.86. The molecule has 29 heavy (non-hydrogen) atoms. The zero-order valence-electron chi connectivity index (χ0n) is 18.3. The van der Waals surface area contributed by atoms with E-state index in [2.05, 4.69) is 24.0 Å². The molecule has 0 saturated heterocycles. The van der Waals surface area contributed by atoms with Crippen LogP contribution >= 0.6 is 0 Å². The molecule has 3 nitrogen and oxygen atoms in total. The lowest BCUT2D eigenvalue weighted by Crippen LogP contribution is -2.36. The van der Waals surface area contributed by atoms with Crippen molar-refractivity contribution in [1.29, 1.82) is 0 Å². The van der Waals surface area contributed by atoms with E-state index < -0.39 is 0 Å². The van der Waals surface area contributed by atoms with Crippen LogP contribution in [0.3, 0.4) is 0 Å². The van der Waals surface area contributed by atoms with E-state index in [1.807, 2.05) is 101 Å². The fraction of sp³-hybridized carbons (Fsp3) is 0.231. The topological polar surface area (TPSA) is 36.8 Å². The molecule has 0 spiro atoms. The van der Waals surface area contributed by atoms with E-state index in [0.29, 0.717) is 0 Å². The highest BCUT2D eigenvalue weighted by molar-refractivity contribution is 6.17. The molecule has 0 amide bonds.